The number of methoxy groups -OCH3 is 2. The molecule has 2 heterocycles. The molecule has 1 fully saturated rings. The van der Waals surface area contributed by atoms with Gasteiger partial charge in [-0.15, -0.1) is 0 Å². The van der Waals surface area contributed by atoms with E-state index < -0.39 is 5.97 Å². The van der Waals surface area contributed by atoms with E-state index >= 15 is 0 Å². The molecule has 1 aromatic carbocycles. The Kier molecular flexibility index (Phi) is 5.78. The van der Waals surface area contributed by atoms with Crippen molar-refractivity contribution in [1.82, 2.24) is 14.0 Å². The fourth-order valence-electron chi connectivity index (χ4n) is 3.73. The third-order valence-electron chi connectivity index (χ3n) is 5.27. The number of fused-ring (bicyclic) bond motifs is 1. The van der Waals surface area contributed by atoms with Crippen molar-refractivity contribution in [2.24, 2.45) is 0 Å². The summed E-state index contributed by atoms with van der Waals surface area (Å²) in [5.41, 5.74) is 1.99. The Hall–Kier alpha value is -2.12. The summed E-state index contributed by atoms with van der Waals surface area (Å²) < 4.78 is 13.5. The fourth-order valence-corrected chi connectivity index (χ4v) is 3.73. The van der Waals surface area contributed by atoms with Crippen molar-refractivity contribution < 1.29 is 14.3 Å². The van der Waals surface area contributed by atoms with Gasteiger partial charge in [-0.3, -0.25) is 9.13 Å². The summed E-state index contributed by atoms with van der Waals surface area (Å²) >= 11 is 0. The number of likely N-dealkylation sites (tertiary alicyclic amines) is 1. The molecule has 0 unspecified atom stereocenters. The Morgan fingerprint density at radius 1 is 1.19 bits per heavy atom. The van der Waals surface area contributed by atoms with Gasteiger partial charge >= 0.3 is 11.7 Å². The number of piperidine rings is 1. The maximum atomic E-state index is 13.1. The molecule has 0 saturated carbocycles. The minimum Gasteiger partial charge on any atom is -0.465 e. The lowest BCUT2D eigenvalue weighted by atomic mass is 10.0. The van der Waals surface area contributed by atoms with Gasteiger partial charge in [0, 0.05) is 19.7 Å². The highest BCUT2D eigenvalue weighted by molar-refractivity contribution is 5.93. The number of imidazole rings is 1. The predicted octanol–water partition coefficient (Wildman–Crippen LogP) is 1.72. The summed E-state index contributed by atoms with van der Waals surface area (Å²) in [4.78, 5) is 27.3. The molecular formula is C19H27N3O4. The van der Waals surface area contributed by atoms with Crippen LogP contribution in [-0.2, 0) is 22.6 Å². The highest BCUT2D eigenvalue weighted by atomic mass is 16.5. The lowest BCUT2D eigenvalue weighted by Gasteiger charge is -2.32. The van der Waals surface area contributed by atoms with Crippen molar-refractivity contribution in [3.05, 3.63) is 34.2 Å². The zero-order valence-corrected chi connectivity index (χ0v) is 15.7. The van der Waals surface area contributed by atoms with Crippen molar-refractivity contribution in [2.75, 3.05) is 34.4 Å². The van der Waals surface area contributed by atoms with E-state index in [1.165, 1.54) is 20.0 Å². The van der Waals surface area contributed by atoms with E-state index in [0.29, 0.717) is 31.3 Å². The van der Waals surface area contributed by atoms with Gasteiger partial charge in [0.05, 0.1) is 36.9 Å². The molecule has 0 spiro atoms. The first kappa shape index (κ1) is 18.7. The number of carbonyl (C=O) groups excluding carboxylic acids is 1. The number of nitrogens with zero attached hydrogens (tertiary/aromatic N) is 3. The van der Waals surface area contributed by atoms with Gasteiger partial charge in [0.25, 0.3) is 0 Å². The quantitative estimate of drug-likeness (QED) is 0.733. The van der Waals surface area contributed by atoms with Gasteiger partial charge in [-0.2, -0.15) is 0 Å². The molecule has 142 valence electrons. The average Bonchev–Trinajstić information content (AvgIpc) is 2.92. The maximum Gasteiger partial charge on any atom is 0.337 e. The molecule has 2 aromatic rings. The summed E-state index contributed by atoms with van der Waals surface area (Å²) in [5.74, 6) is -0.398. The molecule has 1 aliphatic heterocycles. The Bertz CT molecular complexity index is 839. The van der Waals surface area contributed by atoms with Crippen LogP contribution in [0.1, 0.15) is 29.6 Å². The summed E-state index contributed by atoms with van der Waals surface area (Å²) in [6.45, 7) is 2.61. The normalized spacial score (nSPS) is 18.3. The smallest absolute Gasteiger partial charge is 0.337 e. The summed E-state index contributed by atoms with van der Waals surface area (Å²) in [6, 6.07) is 5.60. The van der Waals surface area contributed by atoms with Crippen LogP contribution in [0.4, 0.5) is 0 Å². The molecule has 1 saturated heterocycles. The van der Waals surface area contributed by atoms with E-state index in [4.69, 9.17) is 9.47 Å². The molecule has 1 aromatic heterocycles. The van der Waals surface area contributed by atoms with Crippen molar-refractivity contribution in [3.8, 4) is 0 Å². The van der Waals surface area contributed by atoms with Gasteiger partial charge in [0.2, 0.25) is 0 Å². The Morgan fingerprint density at radius 3 is 2.69 bits per heavy atom. The van der Waals surface area contributed by atoms with Crippen molar-refractivity contribution in [3.63, 3.8) is 0 Å². The van der Waals surface area contributed by atoms with Crippen LogP contribution in [0.15, 0.2) is 23.0 Å². The zero-order chi connectivity index (χ0) is 18.7. The molecule has 7 nitrogen and oxygen atoms in total. The standard InChI is InChI=1S/C19H27N3O4/c1-20-9-5-4-6-15(20)13-22-17-12-14(18(23)26-3)7-8-16(17)21(19(22)24)10-11-25-2/h7-8,12,15H,4-6,9-11,13H2,1-3H3/t15-/m1/s1. The molecule has 3 rings (SSSR count). The summed E-state index contributed by atoms with van der Waals surface area (Å²) in [7, 11) is 5.09. The third kappa shape index (κ3) is 3.54. The molecule has 0 amide bonds. The number of ether oxygens (including phenoxy) is 2. The topological polar surface area (TPSA) is 65.7 Å². The van der Waals surface area contributed by atoms with Gasteiger partial charge in [0.15, 0.2) is 0 Å². The van der Waals surface area contributed by atoms with Gasteiger partial charge in [-0.25, -0.2) is 9.59 Å². The highest BCUT2D eigenvalue weighted by Gasteiger charge is 2.23. The molecule has 1 aliphatic rings. The molecule has 0 radical (unpaired) electrons. The van der Waals surface area contributed by atoms with Gasteiger partial charge in [-0.1, -0.05) is 6.42 Å². The van der Waals surface area contributed by atoms with E-state index in [2.05, 4.69) is 11.9 Å². The van der Waals surface area contributed by atoms with Gasteiger partial charge in [0.1, 0.15) is 0 Å². The largest absolute Gasteiger partial charge is 0.465 e. The first-order valence-electron chi connectivity index (χ1n) is 9.07. The molecule has 0 N–H and O–H groups in total. The molecular weight excluding hydrogens is 334 g/mol. The number of aromatic nitrogens is 2. The Balaban J connectivity index is 2.07. The van der Waals surface area contributed by atoms with Crippen LogP contribution in [0.5, 0.6) is 0 Å². The summed E-state index contributed by atoms with van der Waals surface area (Å²) in [5, 5.41) is 0. The lowest BCUT2D eigenvalue weighted by Crippen LogP contribution is -2.41. The van der Waals surface area contributed by atoms with E-state index in [1.54, 1.807) is 28.4 Å². The SMILES string of the molecule is COCCn1c(=O)n(C[C@H]2CCCCN2C)c2cc(C(=O)OC)ccc21. The predicted molar refractivity (Wildman–Crippen MR) is 99.7 cm³/mol. The Morgan fingerprint density at radius 2 is 2.00 bits per heavy atom. The first-order chi connectivity index (χ1) is 12.6. The molecule has 0 aliphatic carbocycles. The first-order valence-corrected chi connectivity index (χ1v) is 9.07. The van der Waals surface area contributed by atoms with Gasteiger partial charge in [-0.05, 0) is 44.6 Å². The number of hydrogen-bond donors (Lipinski definition) is 0. The molecule has 0 bridgehead atoms. The minimum absolute atomic E-state index is 0.0574. The Labute approximate surface area is 153 Å². The third-order valence-corrected chi connectivity index (χ3v) is 5.27. The van der Waals surface area contributed by atoms with Crippen LogP contribution in [0.3, 0.4) is 0 Å². The average molecular weight is 361 g/mol. The minimum atomic E-state index is -0.398. The molecule has 1 atom stereocenters. The number of benzene rings is 1. The molecule has 7 heteroatoms. The van der Waals surface area contributed by atoms with E-state index in [9.17, 15) is 9.59 Å². The van der Waals surface area contributed by atoms with E-state index in [0.717, 1.165) is 24.0 Å². The summed E-state index contributed by atoms with van der Waals surface area (Å²) in [6.07, 6.45) is 3.45. The highest BCUT2D eigenvalue weighted by Crippen LogP contribution is 2.21. The van der Waals surface area contributed by atoms with Crippen LogP contribution in [0, 0.1) is 0 Å². The van der Waals surface area contributed by atoms with Crippen molar-refractivity contribution >= 4 is 17.0 Å². The van der Waals surface area contributed by atoms with Crippen molar-refractivity contribution in [2.45, 2.75) is 38.4 Å². The second kappa shape index (κ2) is 8.05. The second-order valence-corrected chi connectivity index (χ2v) is 6.86. The van der Waals surface area contributed by atoms with E-state index in [-0.39, 0.29) is 5.69 Å². The van der Waals surface area contributed by atoms with E-state index in [1.807, 2.05) is 6.07 Å². The number of likely N-dealkylation sites (N-methyl/N-ethyl adjacent to an activating group) is 1. The fraction of sp³-hybridized carbons (Fsp3) is 0.579. The zero-order valence-electron chi connectivity index (χ0n) is 15.7. The number of esters is 1. The van der Waals surface area contributed by atoms with Crippen LogP contribution in [-0.4, -0.2) is 60.5 Å². The lowest BCUT2D eigenvalue weighted by molar-refractivity contribution is 0.0601. The van der Waals surface area contributed by atoms with Crippen LogP contribution >= 0.6 is 0 Å². The van der Waals surface area contributed by atoms with Crippen LogP contribution in [0.2, 0.25) is 0 Å². The molecule has 26 heavy (non-hydrogen) atoms. The number of rotatable bonds is 6. The van der Waals surface area contributed by atoms with Crippen LogP contribution in [0.25, 0.3) is 11.0 Å². The maximum absolute atomic E-state index is 13.1. The second-order valence-electron chi connectivity index (χ2n) is 6.86. The van der Waals surface area contributed by atoms with Crippen molar-refractivity contribution in [1.29, 1.82) is 0 Å². The van der Waals surface area contributed by atoms with Crippen LogP contribution < -0.4 is 5.69 Å². The number of hydrogen-bond acceptors (Lipinski definition) is 5. The number of carbonyl (C=O) groups is 1. The van der Waals surface area contributed by atoms with Gasteiger partial charge < -0.3 is 14.4 Å². The monoisotopic (exact) mass is 361 g/mol.